The Morgan fingerprint density at radius 1 is 0.880 bits per heavy atom. The van der Waals surface area contributed by atoms with Gasteiger partial charge in [-0.15, -0.1) is 0 Å². The van der Waals surface area contributed by atoms with E-state index in [1.165, 1.54) is 6.07 Å². The van der Waals surface area contributed by atoms with Crippen molar-refractivity contribution in [1.82, 2.24) is 15.0 Å². The maximum atomic E-state index is 12.9. The average molecular weight is 328 g/mol. The van der Waals surface area contributed by atoms with Crippen LogP contribution in [0.4, 0.5) is 5.69 Å². The summed E-state index contributed by atoms with van der Waals surface area (Å²) in [4.78, 5) is 36.9. The van der Waals surface area contributed by atoms with Crippen LogP contribution in [-0.2, 0) is 0 Å². The second kappa shape index (κ2) is 4.64. The van der Waals surface area contributed by atoms with E-state index in [4.69, 9.17) is 0 Å². The number of fused-ring (bicyclic) bond motifs is 4. The maximum absolute atomic E-state index is 12.9. The number of hydrogen-bond donors (Lipinski definition) is 0. The number of hydrogen-bond acceptors (Lipinski definition) is 6. The van der Waals surface area contributed by atoms with Crippen LogP contribution >= 0.6 is 0 Å². The summed E-state index contributed by atoms with van der Waals surface area (Å²) in [6.45, 7) is 0. The number of nitro groups is 1. The highest BCUT2D eigenvalue weighted by atomic mass is 16.6. The fraction of sp³-hybridized carbons (Fsp3) is 0. The van der Waals surface area contributed by atoms with Gasteiger partial charge in [-0.05, 0) is 23.6 Å². The molecule has 0 amide bonds. The van der Waals surface area contributed by atoms with Crippen molar-refractivity contribution >= 4 is 33.1 Å². The van der Waals surface area contributed by atoms with Crippen LogP contribution in [0, 0.1) is 10.1 Å². The third-order valence-electron chi connectivity index (χ3n) is 4.40. The molecule has 0 atom stereocenters. The number of nitrogens with zero attached hydrogens (tertiary/aromatic N) is 4. The van der Waals surface area contributed by atoms with E-state index in [-0.39, 0.29) is 22.7 Å². The Kier molecular flexibility index (Phi) is 2.54. The molecule has 7 nitrogen and oxygen atoms in total. The van der Waals surface area contributed by atoms with Gasteiger partial charge < -0.3 is 0 Å². The van der Waals surface area contributed by atoms with Gasteiger partial charge in [0.15, 0.2) is 0 Å². The first-order valence-electron chi connectivity index (χ1n) is 7.53. The molecule has 0 radical (unpaired) electrons. The lowest BCUT2D eigenvalue weighted by Crippen LogP contribution is -2.14. The van der Waals surface area contributed by atoms with Gasteiger partial charge in [-0.2, -0.15) is 0 Å². The molecule has 1 aliphatic rings. The van der Waals surface area contributed by atoms with Crippen LogP contribution in [0.3, 0.4) is 0 Å². The number of carbonyl (C=O) groups excluding carboxylic acids is 1. The summed E-state index contributed by atoms with van der Waals surface area (Å²) in [5.74, 6) is -0.298. The largest absolute Gasteiger partial charge is 0.295 e. The summed E-state index contributed by atoms with van der Waals surface area (Å²) in [6.07, 6.45) is 3.23. The van der Waals surface area contributed by atoms with Crippen molar-refractivity contribution < 1.29 is 9.72 Å². The van der Waals surface area contributed by atoms with Gasteiger partial charge in [0.1, 0.15) is 16.9 Å². The van der Waals surface area contributed by atoms with E-state index in [1.807, 2.05) is 0 Å². The predicted molar refractivity (Wildman–Crippen MR) is 90.4 cm³/mol. The molecule has 25 heavy (non-hydrogen) atoms. The molecule has 3 heterocycles. The number of benzene rings is 1. The van der Waals surface area contributed by atoms with Gasteiger partial charge in [0.2, 0.25) is 5.78 Å². The number of carbonyl (C=O) groups is 1. The average Bonchev–Trinajstić information content (AvgIpc) is 2.65. The third kappa shape index (κ3) is 1.69. The SMILES string of the molecule is O=C1c2cccnc2-c2nccc3c2c1nc1c([N+](=O)[O-])cccc13. The van der Waals surface area contributed by atoms with E-state index in [0.29, 0.717) is 33.1 Å². The van der Waals surface area contributed by atoms with Gasteiger partial charge in [-0.25, -0.2) is 4.98 Å². The van der Waals surface area contributed by atoms with E-state index in [0.717, 1.165) is 0 Å². The Balaban J connectivity index is 2.05. The van der Waals surface area contributed by atoms with Crippen molar-refractivity contribution in [1.29, 1.82) is 0 Å². The lowest BCUT2D eigenvalue weighted by molar-refractivity contribution is -0.383. The van der Waals surface area contributed by atoms with Crippen molar-refractivity contribution in [3.63, 3.8) is 0 Å². The molecule has 118 valence electrons. The number of aromatic nitrogens is 3. The molecule has 4 aromatic rings. The Morgan fingerprint density at radius 3 is 2.56 bits per heavy atom. The zero-order valence-corrected chi connectivity index (χ0v) is 12.6. The molecule has 0 unspecified atom stereocenters. The number of pyridine rings is 3. The van der Waals surface area contributed by atoms with Crippen molar-refractivity contribution in [2.45, 2.75) is 0 Å². The highest BCUT2D eigenvalue weighted by Crippen LogP contribution is 2.39. The van der Waals surface area contributed by atoms with E-state index in [1.54, 1.807) is 42.7 Å². The van der Waals surface area contributed by atoms with E-state index < -0.39 is 4.92 Å². The van der Waals surface area contributed by atoms with E-state index >= 15 is 0 Å². The van der Waals surface area contributed by atoms with Gasteiger partial charge in [0.25, 0.3) is 5.69 Å². The quantitative estimate of drug-likeness (QED) is 0.266. The van der Waals surface area contributed by atoms with Crippen molar-refractivity contribution in [3.05, 3.63) is 70.2 Å². The molecule has 0 saturated carbocycles. The maximum Gasteiger partial charge on any atom is 0.295 e. The molecule has 0 spiro atoms. The van der Waals surface area contributed by atoms with Crippen LogP contribution in [0.25, 0.3) is 33.1 Å². The predicted octanol–water partition coefficient (Wildman–Crippen LogP) is 3.30. The Labute approximate surface area is 140 Å². The van der Waals surface area contributed by atoms with Crippen LogP contribution < -0.4 is 0 Å². The highest BCUT2D eigenvalue weighted by molar-refractivity contribution is 6.27. The van der Waals surface area contributed by atoms with Gasteiger partial charge in [0, 0.05) is 29.2 Å². The standard InChI is InChI=1S/C18H8N4O3/c23-18-11-4-2-7-19-15(11)16-13-9(6-8-20-16)10-3-1-5-12(22(24)25)14(10)21-17(13)18/h1-8H. The smallest absolute Gasteiger partial charge is 0.287 e. The molecular formula is C18H8N4O3. The fourth-order valence-electron chi connectivity index (χ4n) is 3.36. The Morgan fingerprint density at radius 2 is 1.72 bits per heavy atom. The zero-order valence-electron chi connectivity index (χ0n) is 12.6. The minimum absolute atomic E-state index is 0.126. The number of ketones is 1. The summed E-state index contributed by atoms with van der Waals surface area (Å²) in [5, 5.41) is 13.3. The lowest BCUT2D eigenvalue weighted by Gasteiger charge is -2.18. The van der Waals surface area contributed by atoms with Crippen molar-refractivity contribution in [2.24, 2.45) is 0 Å². The monoisotopic (exact) mass is 328 g/mol. The molecular weight excluding hydrogens is 320 g/mol. The molecule has 0 fully saturated rings. The summed E-state index contributed by atoms with van der Waals surface area (Å²) < 4.78 is 0. The number of non-ortho nitro benzene ring substituents is 1. The van der Waals surface area contributed by atoms with Crippen LogP contribution in [0.1, 0.15) is 16.1 Å². The van der Waals surface area contributed by atoms with Crippen LogP contribution in [0.15, 0.2) is 48.8 Å². The van der Waals surface area contributed by atoms with E-state index in [2.05, 4.69) is 15.0 Å². The Hall–Kier alpha value is -3.74. The van der Waals surface area contributed by atoms with Crippen molar-refractivity contribution in [2.75, 3.05) is 0 Å². The zero-order chi connectivity index (χ0) is 17.1. The minimum atomic E-state index is -0.487. The lowest BCUT2D eigenvalue weighted by atomic mass is 9.90. The first-order valence-corrected chi connectivity index (χ1v) is 7.53. The molecule has 7 heteroatoms. The van der Waals surface area contributed by atoms with Crippen molar-refractivity contribution in [3.8, 4) is 11.4 Å². The number of rotatable bonds is 1. The third-order valence-corrected chi connectivity index (χ3v) is 4.40. The molecule has 3 aromatic heterocycles. The molecule has 1 aromatic carbocycles. The summed E-state index contributed by atoms with van der Waals surface area (Å²) in [6, 6.07) is 9.85. The summed E-state index contributed by atoms with van der Waals surface area (Å²) >= 11 is 0. The van der Waals surface area contributed by atoms with Crippen LogP contribution in [-0.4, -0.2) is 25.7 Å². The van der Waals surface area contributed by atoms with E-state index in [9.17, 15) is 14.9 Å². The van der Waals surface area contributed by atoms with Crippen LogP contribution in [0.2, 0.25) is 0 Å². The molecule has 0 N–H and O–H groups in total. The number of para-hydroxylation sites is 1. The van der Waals surface area contributed by atoms with Gasteiger partial charge >= 0.3 is 0 Å². The van der Waals surface area contributed by atoms with Gasteiger partial charge in [-0.1, -0.05) is 12.1 Å². The molecule has 0 aliphatic heterocycles. The van der Waals surface area contributed by atoms with Gasteiger partial charge in [0.05, 0.1) is 16.2 Å². The normalized spacial score (nSPS) is 12.4. The first-order chi connectivity index (χ1) is 12.2. The number of nitro benzene ring substituents is 1. The highest BCUT2D eigenvalue weighted by Gasteiger charge is 2.30. The second-order valence-electron chi connectivity index (χ2n) is 5.70. The van der Waals surface area contributed by atoms with Crippen LogP contribution in [0.5, 0.6) is 0 Å². The molecule has 0 saturated heterocycles. The summed E-state index contributed by atoms with van der Waals surface area (Å²) in [5.41, 5.74) is 1.74. The van der Waals surface area contributed by atoms with Gasteiger partial charge in [-0.3, -0.25) is 24.9 Å². The minimum Gasteiger partial charge on any atom is -0.287 e. The summed E-state index contributed by atoms with van der Waals surface area (Å²) in [7, 11) is 0. The second-order valence-corrected chi connectivity index (χ2v) is 5.70. The Bertz CT molecular complexity index is 1250. The molecule has 0 bridgehead atoms. The molecule has 5 rings (SSSR count). The fourth-order valence-corrected chi connectivity index (χ4v) is 3.36. The first kappa shape index (κ1) is 13.7. The molecule has 1 aliphatic carbocycles. The topological polar surface area (TPSA) is 98.9 Å².